The van der Waals surface area contributed by atoms with Crippen LogP contribution >= 0.6 is 23.2 Å². The van der Waals surface area contributed by atoms with E-state index in [9.17, 15) is 9.59 Å². The Bertz CT molecular complexity index is 1070. The first-order valence-corrected chi connectivity index (χ1v) is 10.8. The topological polar surface area (TPSA) is 71.1 Å². The van der Waals surface area contributed by atoms with E-state index < -0.39 is 18.0 Å². The molecular weight excluding hydrogens is 467 g/mol. The summed E-state index contributed by atoms with van der Waals surface area (Å²) < 4.78 is 21.6. The summed E-state index contributed by atoms with van der Waals surface area (Å²) in [5.41, 5.74) is 1.45. The highest BCUT2D eigenvalue weighted by Crippen LogP contribution is 2.26. The Balaban J connectivity index is 1.67. The molecule has 0 amide bonds. The summed E-state index contributed by atoms with van der Waals surface area (Å²) in [6.07, 6.45) is -0.869. The van der Waals surface area contributed by atoms with Gasteiger partial charge in [0.15, 0.2) is 12.7 Å². The fourth-order valence-electron chi connectivity index (χ4n) is 2.95. The summed E-state index contributed by atoms with van der Waals surface area (Å²) in [6, 6.07) is 20.8. The summed E-state index contributed by atoms with van der Waals surface area (Å²) in [6.45, 7) is -0.155. The lowest BCUT2D eigenvalue weighted by Crippen LogP contribution is -2.31. The van der Waals surface area contributed by atoms with Crippen LogP contribution < -0.4 is 9.47 Å². The van der Waals surface area contributed by atoms with E-state index in [-0.39, 0.29) is 19.6 Å². The summed E-state index contributed by atoms with van der Waals surface area (Å²) in [5.74, 6) is -0.270. The third-order valence-corrected chi connectivity index (χ3v) is 5.06. The smallest absolute Gasteiger partial charge is 0.347 e. The number of hydrogen-bond donors (Lipinski definition) is 0. The highest BCUT2D eigenvalue weighted by Gasteiger charge is 2.24. The molecule has 0 saturated heterocycles. The van der Waals surface area contributed by atoms with Gasteiger partial charge in [0.1, 0.15) is 18.1 Å². The van der Waals surface area contributed by atoms with E-state index in [1.54, 1.807) is 42.5 Å². The number of ether oxygens (including phenoxy) is 4. The first kappa shape index (κ1) is 24.4. The molecule has 6 nitrogen and oxygen atoms in total. The fraction of sp³-hybridized carbons (Fsp3) is 0.200. The number of rotatable bonds is 10. The quantitative estimate of drug-likeness (QED) is 0.361. The van der Waals surface area contributed by atoms with Crippen molar-refractivity contribution in [2.24, 2.45) is 0 Å². The predicted molar refractivity (Wildman–Crippen MR) is 125 cm³/mol. The monoisotopic (exact) mass is 488 g/mol. The van der Waals surface area contributed by atoms with Gasteiger partial charge in [-0.3, -0.25) is 0 Å². The first-order valence-electron chi connectivity index (χ1n) is 10.1. The highest BCUT2D eigenvalue weighted by atomic mass is 35.5. The molecule has 0 aliphatic rings. The van der Waals surface area contributed by atoms with Gasteiger partial charge >= 0.3 is 11.9 Å². The van der Waals surface area contributed by atoms with Crippen molar-refractivity contribution in [1.82, 2.24) is 0 Å². The average molecular weight is 489 g/mol. The Hall–Kier alpha value is -3.22. The Kier molecular flexibility index (Phi) is 8.98. The van der Waals surface area contributed by atoms with Crippen LogP contribution in [-0.4, -0.2) is 31.8 Å². The van der Waals surface area contributed by atoms with E-state index in [4.69, 9.17) is 42.1 Å². The van der Waals surface area contributed by atoms with Crippen molar-refractivity contribution in [3.05, 3.63) is 94.0 Å². The van der Waals surface area contributed by atoms with Gasteiger partial charge in [0.2, 0.25) is 0 Å². The molecule has 1 atom stereocenters. The van der Waals surface area contributed by atoms with Crippen LogP contribution in [0.4, 0.5) is 0 Å². The maximum absolute atomic E-state index is 12.3. The Morgan fingerprint density at radius 1 is 0.909 bits per heavy atom. The van der Waals surface area contributed by atoms with E-state index in [0.717, 1.165) is 5.56 Å². The lowest BCUT2D eigenvalue weighted by Gasteiger charge is -2.19. The summed E-state index contributed by atoms with van der Waals surface area (Å²) in [7, 11) is 1.28. The van der Waals surface area contributed by atoms with Gasteiger partial charge in [0, 0.05) is 16.5 Å². The van der Waals surface area contributed by atoms with Gasteiger partial charge < -0.3 is 18.9 Å². The summed E-state index contributed by atoms with van der Waals surface area (Å²) >= 11 is 12.1. The van der Waals surface area contributed by atoms with Gasteiger partial charge in [-0.15, -0.1) is 0 Å². The number of esters is 2. The summed E-state index contributed by atoms with van der Waals surface area (Å²) in [5, 5.41) is 0.987. The number of carbonyl (C=O) groups is 2. The Morgan fingerprint density at radius 2 is 1.61 bits per heavy atom. The van der Waals surface area contributed by atoms with Gasteiger partial charge in [-0.1, -0.05) is 53.5 Å². The van der Waals surface area contributed by atoms with Crippen LogP contribution in [0.1, 0.15) is 11.1 Å². The maximum atomic E-state index is 12.3. The minimum absolute atomic E-state index is 0.101. The highest BCUT2D eigenvalue weighted by molar-refractivity contribution is 6.30. The number of hydrogen-bond acceptors (Lipinski definition) is 6. The zero-order valence-electron chi connectivity index (χ0n) is 17.8. The minimum Gasteiger partial charge on any atom is -0.482 e. The van der Waals surface area contributed by atoms with Crippen molar-refractivity contribution < 1.29 is 28.5 Å². The molecular formula is C25H22Cl2O6. The van der Waals surface area contributed by atoms with Crippen LogP contribution in [0.5, 0.6) is 11.5 Å². The molecule has 0 aliphatic heterocycles. The molecule has 8 heteroatoms. The number of benzene rings is 3. The second-order valence-electron chi connectivity index (χ2n) is 6.97. The van der Waals surface area contributed by atoms with Crippen molar-refractivity contribution in [2.75, 3.05) is 13.7 Å². The molecule has 3 rings (SSSR count). The molecule has 3 aromatic rings. The molecule has 0 heterocycles. The van der Waals surface area contributed by atoms with E-state index in [2.05, 4.69) is 0 Å². The zero-order chi connectivity index (χ0) is 23.6. The van der Waals surface area contributed by atoms with Crippen LogP contribution in [0, 0.1) is 0 Å². The molecule has 0 spiro atoms. The van der Waals surface area contributed by atoms with Crippen LogP contribution in [0.3, 0.4) is 0 Å². The molecule has 0 aliphatic carbocycles. The minimum atomic E-state index is -0.970. The van der Waals surface area contributed by atoms with Gasteiger partial charge in [-0.25, -0.2) is 9.59 Å². The van der Waals surface area contributed by atoms with Crippen molar-refractivity contribution in [3.8, 4) is 11.5 Å². The molecule has 172 valence electrons. The molecule has 0 fully saturated rings. The largest absolute Gasteiger partial charge is 0.482 e. The lowest BCUT2D eigenvalue weighted by atomic mass is 10.1. The third kappa shape index (κ3) is 7.70. The fourth-order valence-corrected chi connectivity index (χ4v) is 3.27. The van der Waals surface area contributed by atoms with Crippen molar-refractivity contribution in [3.63, 3.8) is 0 Å². The lowest BCUT2D eigenvalue weighted by molar-refractivity contribution is -0.149. The van der Waals surface area contributed by atoms with Crippen LogP contribution in [0.25, 0.3) is 0 Å². The third-order valence-electron chi connectivity index (χ3n) is 4.57. The van der Waals surface area contributed by atoms with Gasteiger partial charge in [0.25, 0.3) is 0 Å². The molecule has 0 radical (unpaired) electrons. The SMILES string of the molecule is COC(=O)C(Cc1cc(Cl)ccc1OCC(=O)OCc1ccccc1)Oc1ccc(Cl)cc1. The van der Waals surface area contributed by atoms with Gasteiger partial charge in [-0.2, -0.15) is 0 Å². The van der Waals surface area contributed by atoms with Gasteiger partial charge in [-0.05, 0) is 53.6 Å². The molecule has 0 saturated carbocycles. The van der Waals surface area contributed by atoms with E-state index in [1.165, 1.54) is 7.11 Å². The van der Waals surface area contributed by atoms with E-state index in [0.29, 0.717) is 27.1 Å². The van der Waals surface area contributed by atoms with Crippen LogP contribution in [-0.2, 0) is 32.1 Å². The first-order chi connectivity index (χ1) is 15.9. The molecule has 1 unspecified atom stereocenters. The van der Waals surface area contributed by atoms with E-state index >= 15 is 0 Å². The van der Waals surface area contributed by atoms with E-state index in [1.807, 2.05) is 30.3 Å². The number of halogens is 2. The predicted octanol–water partition coefficient (Wildman–Crippen LogP) is 5.28. The van der Waals surface area contributed by atoms with Gasteiger partial charge in [0.05, 0.1) is 7.11 Å². The van der Waals surface area contributed by atoms with Crippen molar-refractivity contribution >= 4 is 35.1 Å². The number of carbonyl (C=O) groups excluding carboxylic acids is 2. The van der Waals surface area contributed by atoms with Crippen molar-refractivity contribution in [1.29, 1.82) is 0 Å². The van der Waals surface area contributed by atoms with Crippen molar-refractivity contribution in [2.45, 2.75) is 19.1 Å². The molecule has 3 aromatic carbocycles. The molecule has 0 aromatic heterocycles. The zero-order valence-corrected chi connectivity index (χ0v) is 19.3. The second kappa shape index (κ2) is 12.1. The molecule has 0 bridgehead atoms. The Morgan fingerprint density at radius 3 is 2.30 bits per heavy atom. The van der Waals surface area contributed by atoms with Crippen LogP contribution in [0.15, 0.2) is 72.8 Å². The average Bonchev–Trinajstić information content (AvgIpc) is 2.83. The second-order valence-corrected chi connectivity index (χ2v) is 7.85. The standard InChI is InChI=1S/C25H22Cl2O6/c1-30-25(29)23(33-21-10-7-19(26)8-11-21)14-18-13-20(27)9-12-22(18)31-16-24(28)32-15-17-5-3-2-4-6-17/h2-13,23H,14-16H2,1H3. The number of methoxy groups -OCH3 is 1. The Labute approximate surface area is 201 Å². The maximum Gasteiger partial charge on any atom is 0.347 e. The molecule has 33 heavy (non-hydrogen) atoms. The normalized spacial score (nSPS) is 11.4. The molecule has 0 N–H and O–H groups in total. The van der Waals surface area contributed by atoms with Crippen LogP contribution in [0.2, 0.25) is 10.0 Å². The summed E-state index contributed by atoms with van der Waals surface area (Å²) in [4.78, 5) is 24.5.